The Morgan fingerprint density at radius 2 is 1.30 bits per heavy atom. The molecule has 0 saturated carbocycles. The Balaban J connectivity index is 1.95. The summed E-state index contributed by atoms with van der Waals surface area (Å²) in [5, 5.41) is 0.992. The summed E-state index contributed by atoms with van der Waals surface area (Å²) in [5.74, 6) is -0.0265. The zero-order valence-corrected chi connectivity index (χ0v) is 15.0. The number of hydrogen-bond acceptors (Lipinski definition) is 2. The third-order valence-electron chi connectivity index (χ3n) is 5.44. The van der Waals surface area contributed by atoms with E-state index in [4.69, 9.17) is 4.42 Å². The van der Waals surface area contributed by atoms with Gasteiger partial charge in [0.1, 0.15) is 5.58 Å². The first-order valence-corrected chi connectivity index (χ1v) is 9.12. The normalized spacial score (nSPS) is 13.2. The minimum atomic E-state index is -0.268. The summed E-state index contributed by atoms with van der Waals surface area (Å²) in [6.45, 7) is 1.87. The van der Waals surface area contributed by atoms with Crippen molar-refractivity contribution in [3.8, 4) is 0 Å². The van der Waals surface area contributed by atoms with Crippen molar-refractivity contribution >= 4 is 23.1 Å². The second kappa shape index (κ2) is 6.10. The van der Waals surface area contributed by atoms with E-state index in [9.17, 15) is 4.79 Å². The van der Waals surface area contributed by atoms with Gasteiger partial charge in [-0.25, -0.2) is 4.79 Å². The van der Waals surface area contributed by atoms with E-state index in [1.165, 1.54) is 22.3 Å². The van der Waals surface area contributed by atoms with Crippen LogP contribution in [-0.2, 0) is 0 Å². The van der Waals surface area contributed by atoms with Gasteiger partial charge in [-0.1, -0.05) is 78.9 Å². The molecule has 27 heavy (non-hydrogen) atoms. The predicted molar refractivity (Wildman–Crippen MR) is 110 cm³/mol. The van der Waals surface area contributed by atoms with Gasteiger partial charge in [0.25, 0.3) is 0 Å². The molecule has 0 aliphatic heterocycles. The largest absolute Gasteiger partial charge is 0.423 e. The monoisotopic (exact) mass is 350 g/mol. The molecule has 0 unspecified atom stereocenters. The number of para-hydroxylation sites is 1. The molecule has 0 saturated heterocycles. The highest BCUT2D eigenvalue weighted by Crippen LogP contribution is 2.42. The van der Waals surface area contributed by atoms with E-state index in [2.05, 4.69) is 60.7 Å². The van der Waals surface area contributed by atoms with Crippen LogP contribution >= 0.6 is 0 Å². The van der Waals surface area contributed by atoms with Crippen LogP contribution < -0.4 is 5.63 Å². The minimum absolute atomic E-state index is 0.0265. The molecule has 1 heterocycles. The van der Waals surface area contributed by atoms with Crippen LogP contribution in [0.1, 0.15) is 39.3 Å². The second-order valence-corrected chi connectivity index (χ2v) is 6.95. The van der Waals surface area contributed by atoms with E-state index in [0.717, 1.165) is 10.9 Å². The van der Waals surface area contributed by atoms with Gasteiger partial charge in [0, 0.05) is 16.9 Å². The molecule has 0 bridgehead atoms. The Kier molecular flexibility index (Phi) is 3.58. The van der Waals surface area contributed by atoms with Crippen LogP contribution in [0, 0.1) is 6.92 Å². The highest BCUT2D eigenvalue weighted by molar-refractivity contribution is 5.85. The fourth-order valence-corrected chi connectivity index (χ4v) is 4.15. The Labute approximate surface area is 157 Å². The molecule has 2 heteroatoms. The van der Waals surface area contributed by atoms with Crippen LogP contribution in [0.25, 0.3) is 23.1 Å². The summed E-state index contributed by atoms with van der Waals surface area (Å²) in [7, 11) is 0. The van der Waals surface area contributed by atoms with Gasteiger partial charge in [-0.05, 0) is 40.8 Å². The zero-order chi connectivity index (χ0) is 18.4. The van der Waals surface area contributed by atoms with Crippen LogP contribution in [0.3, 0.4) is 0 Å². The quantitative estimate of drug-likeness (QED) is 0.360. The summed E-state index contributed by atoms with van der Waals surface area (Å²) >= 11 is 0. The molecule has 0 amide bonds. The molecule has 5 rings (SSSR count). The molecule has 3 aromatic carbocycles. The maximum absolute atomic E-state index is 12.6. The van der Waals surface area contributed by atoms with Gasteiger partial charge in [0.05, 0.1) is 0 Å². The Morgan fingerprint density at radius 1 is 0.741 bits per heavy atom. The smallest absolute Gasteiger partial charge is 0.339 e. The molecule has 1 aliphatic carbocycles. The molecule has 0 spiro atoms. The Morgan fingerprint density at radius 3 is 1.96 bits per heavy atom. The van der Waals surface area contributed by atoms with Crippen molar-refractivity contribution in [2.24, 2.45) is 0 Å². The standard InChI is InChI=1S/C25H18O2/c1-16-23(21-12-6-7-13-22(21)27-25(16)26)24-19-10-4-2-8-17(19)14-15-18-9-3-5-11-20(18)24/h2-15,24H,1H3. The van der Waals surface area contributed by atoms with Crippen LogP contribution in [0.2, 0.25) is 0 Å². The number of benzene rings is 3. The maximum atomic E-state index is 12.6. The summed E-state index contributed by atoms with van der Waals surface area (Å²) < 4.78 is 5.56. The lowest BCUT2D eigenvalue weighted by Gasteiger charge is -2.23. The number of rotatable bonds is 1. The van der Waals surface area contributed by atoms with Gasteiger partial charge in [0.2, 0.25) is 0 Å². The third kappa shape index (κ3) is 2.45. The van der Waals surface area contributed by atoms with Crippen molar-refractivity contribution in [1.29, 1.82) is 0 Å². The lowest BCUT2D eigenvalue weighted by atomic mass is 9.80. The topological polar surface area (TPSA) is 30.2 Å². The van der Waals surface area contributed by atoms with Crippen LogP contribution in [0.5, 0.6) is 0 Å². The second-order valence-electron chi connectivity index (χ2n) is 6.95. The first-order chi connectivity index (χ1) is 13.2. The van der Waals surface area contributed by atoms with Crippen molar-refractivity contribution < 1.29 is 4.42 Å². The van der Waals surface area contributed by atoms with Gasteiger partial charge >= 0.3 is 5.63 Å². The van der Waals surface area contributed by atoms with Gasteiger partial charge in [-0.3, -0.25) is 0 Å². The van der Waals surface area contributed by atoms with Crippen molar-refractivity contribution in [1.82, 2.24) is 0 Å². The van der Waals surface area contributed by atoms with Crippen molar-refractivity contribution in [2.75, 3.05) is 0 Å². The molecule has 0 radical (unpaired) electrons. The molecule has 0 atom stereocenters. The van der Waals surface area contributed by atoms with Gasteiger partial charge < -0.3 is 4.42 Å². The maximum Gasteiger partial charge on any atom is 0.339 e. The molecule has 0 N–H and O–H groups in total. The fourth-order valence-electron chi connectivity index (χ4n) is 4.15. The SMILES string of the molecule is Cc1c(C2c3ccccc3C=Cc3ccccc32)c2ccccc2oc1=O. The van der Waals surface area contributed by atoms with Crippen molar-refractivity contribution in [3.05, 3.63) is 117 Å². The molecular formula is C25H18O2. The van der Waals surface area contributed by atoms with E-state index >= 15 is 0 Å². The molecule has 0 fully saturated rings. The lowest BCUT2D eigenvalue weighted by Crippen LogP contribution is -2.14. The summed E-state index contributed by atoms with van der Waals surface area (Å²) in [6, 6.07) is 24.6. The van der Waals surface area contributed by atoms with E-state index < -0.39 is 0 Å². The third-order valence-corrected chi connectivity index (χ3v) is 5.44. The van der Waals surface area contributed by atoms with E-state index in [0.29, 0.717) is 11.1 Å². The average molecular weight is 350 g/mol. The highest BCUT2D eigenvalue weighted by Gasteiger charge is 2.27. The zero-order valence-electron chi connectivity index (χ0n) is 15.0. The Bertz CT molecular complexity index is 1210. The predicted octanol–water partition coefficient (Wildman–Crippen LogP) is 5.77. The summed E-state index contributed by atoms with van der Waals surface area (Å²) in [4.78, 5) is 12.6. The summed E-state index contributed by atoms with van der Waals surface area (Å²) in [5.41, 5.74) is 6.84. The lowest BCUT2D eigenvalue weighted by molar-refractivity contribution is 0.552. The van der Waals surface area contributed by atoms with E-state index in [-0.39, 0.29) is 11.5 Å². The summed E-state index contributed by atoms with van der Waals surface area (Å²) in [6.07, 6.45) is 4.33. The van der Waals surface area contributed by atoms with Crippen molar-refractivity contribution in [3.63, 3.8) is 0 Å². The van der Waals surface area contributed by atoms with E-state index in [1.54, 1.807) is 0 Å². The van der Waals surface area contributed by atoms with Gasteiger partial charge in [-0.15, -0.1) is 0 Å². The molecule has 1 aliphatic rings. The highest BCUT2D eigenvalue weighted by atomic mass is 16.4. The fraction of sp³-hybridized carbons (Fsp3) is 0.0800. The van der Waals surface area contributed by atoms with Crippen LogP contribution in [0.15, 0.2) is 82.0 Å². The van der Waals surface area contributed by atoms with Gasteiger partial charge in [-0.2, -0.15) is 0 Å². The molecule has 4 aromatic rings. The van der Waals surface area contributed by atoms with Gasteiger partial charge in [0.15, 0.2) is 0 Å². The minimum Gasteiger partial charge on any atom is -0.423 e. The molecule has 1 aromatic heterocycles. The Hall–Kier alpha value is -3.39. The van der Waals surface area contributed by atoms with Crippen LogP contribution in [-0.4, -0.2) is 0 Å². The molecule has 2 nitrogen and oxygen atoms in total. The number of fused-ring (bicyclic) bond motifs is 3. The van der Waals surface area contributed by atoms with Crippen LogP contribution in [0.4, 0.5) is 0 Å². The number of hydrogen-bond donors (Lipinski definition) is 0. The molecule has 130 valence electrons. The first kappa shape index (κ1) is 15.8. The van der Waals surface area contributed by atoms with Crippen molar-refractivity contribution in [2.45, 2.75) is 12.8 Å². The first-order valence-electron chi connectivity index (χ1n) is 9.12. The van der Waals surface area contributed by atoms with E-state index in [1.807, 2.05) is 31.2 Å². The molecular weight excluding hydrogens is 332 g/mol. The average Bonchev–Trinajstić information content (AvgIpc) is 2.86.